The van der Waals surface area contributed by atoms with Gasteiger partial charge < -0.3 is 20.1 Å². The summed E-state index contributed by atoms with van der Waals surface area (Å²) < 4.78 is 11.3. The van der Waals surface area contributed by atoms with Gasteiger partial charge in [0, 0.05) is 18.4 Å². The molecule has 2 saturated heterocycles. The quantitative estimate of drug-likeness (QED) is 0.872. The van der Waals surface area contributed by atoms with E-state index in [1.165, 1.54) is 0 Å². The highest BCUT2D eigenvalue weighted by Crippen LogP contribution is 2.20. The van der Waals surface area contributed by atoms with E-state index in [1.807, 2.05) is 24.3 Å². The van der Waals surface area contributed by atoms with Gasteiger partial charge in [0.25, 0.3) is 0 Å². The molecule has 2 N–H and O–H groups in total. The Morgan fingerprint density at radius 3 is 3.00 bits per heavy atom. The minimum Gasteiger partial charge on any atom is -0.491 e. The molecule has 2 unspecified atom stereocenters. The van der Waals surface area contributed by atoms with Crippen molar-refractivity contribution in [3.05, 3.63) is 24.3 Å². The summed E-state index contributed by atoms with van der Waals surface area (Å²) in [5.74, 6) is 0.798. The van der Waals surface area contributed by atoms with Crippen LogP contribution < -0.4 is 15.4 Å². The molecule has 0 aliphatic carbocycles. The number of amides is 1. The van der Waals surface area contributed by atoms with Crippen LogP contribution in [0.15, 0.2) is 24.3 Å². The molecule has 6 heteroatoms. The van der Waals surface area contributed by atoms with Gasteiger partial charge in [-0.1, -0.05) is 6.07 Å². The first-order valence-electron chi connectivity index (χ1n) is 7.70. The summed E-state index contributed by atoms with van der Waals surface area (Å²) in [7, 11) is 0. The number of halogens is 1. The lowest BCUT2D eigenvalue weighted by atomic mass is 10.2. The second kappa shape index (κ2) is 8.36. The number of nitrogens with one attached hydrogen (secondary N) is 2. The lowest BCUT2D eigenvalue weighted by molar-refractivity contribution is -0.117. The smallest absolute Gasteiger partial charge is 0.241 e. The minimum atomic E-state index is -0.0681. The van der Waals surface area contributed by atoms with E-state index in [1.54, 1.807) is 0 Å². The number of rotatable bonds is 5. The van der Waals surface area contributed by atoms with Crippen molar-refractivity contribution in [1.82, 2.24) is 5.32 Å². The van der Waals surface area contributed by atoms with Gasteiger partial charge in [-0.25, -0.2) is 0 Å². The average Bonchev–Trinajstić information content (AvgIpc) is 3.19. The van der Waals surface area contributed by atoms with Gasteiger partial charge >= 0.3 is 0 Å². The Hall–Kier alpha value is -1.30. The first-order valence-corrected chi connectivity index (χ1v) is 7.70. The molecule has 22 heavy (non-hydrogen) atoms. The van der Waals surface area contributed by atoms with Gasteiger partial charge in [0.2, 0.25) is 5.91 Å². The van der Waals surface area contributed by atoms with Gasteiger partial charge in [0.1, 0.15) is 12.4 Å². The van der Waals surface area contributed by atoms with Crippen LogP contribution in [0.4, 0.5) is 5.69 Å². The van der Waals surface area contributed by atoms with E-state index < -0.39 is 0 Å². The van der Waals surface area contributed by atoms with Crippen LogP contribution in [-0.4, -0.2) is 37.8 Å². The van der Waals surface area contributed by atoms with Gasteiger partial charge in [-0.15, -0.1) is 12.4 Å². The topological polar surface area (TPSA) is 59.6 Å². The molecule has 0 saturated carbocycles. The Morgan fingerprint density at radius 2 is 2.27 bits per heavy atom. The molecule has 0 aromatic heterocycles. The van der Waals surface area contributed by atoms with Crippen LogP contribution in [0.2, 0.25) is 0 Å². The maximum absolute atomic E-state index is 12.1. The molecular formula is C16H23ClN2O3. The maximum atomic E-state index is 12.1. The molecule has 2 fully saturated rings. The van der Waals surface area contributed by atoms with Gasteiger partial charge in [-0.2, -0.15) is 0 Å². The van der Waals surface area contributed by atoms with Crippen LogP contribution >= 0.6 is 12.4 Å². The third-order valence-electron chi connectivity index (χ3n) is 3.94. The summed E-state index contributed by atoms with van der Waals surface area (Å²) in [6, 6.07) is 7.47. The Bertz CT molecular complexity index is 486. The first kappa shape index (κ1) is 17.1. The van der Waals surface area contributed by atoms with Gasteiger partial charge in [0.05, 0.1) is 12.1 Å². The number of hydrogen-bond donors (Lipinski definition) is 2. The molecule has 0 bridgehead atoms. The van der Waals surface area contributed by atoms with E-state index in [2.05, 4.69) is 10.6 Å². The summed E-state index contributed by atoms with van der Waals surface area (Å²) in [4.78, 5) is 12.1. The molecule has 3 rings (SSSR count). The van der Waals surface area contributed by atoms with E-state index in [4.69, 9.17) is 9.47 Å². The Morgan fingerprint density at radius 1 is 1.36 bits per heavy atom. The second-order valence-electron chi connectivity index (χ2n) is 5.61. The van der Waals surface area contributed by atoms with Gasteiger partial charge in [-0.3, -0.25) is 4.79 Å². The lowest BCUT2D eigenvalue weighted by Crippen LogP contribution is -2.35. The van der Waals surface area contributed by atoms with Crippen molar-refractivity contribution >= 4 is 24.0 Å². The van der Waals surface area contributed by atoms with Crippen LogP contribution in [0.5, 0.6) is 5.75 Å². The van der Waals surface area contributed by atoms with E-state index in [9.17, 15) is 4.79 Å². The maximum Gasteiger partial charge on any atom is 0.241 e. The number of carbonyl (C=O) groups excluding carboxylic acids is 1. The first-order chi connectivity index (χ1) is 10.3. The predicted molar refractivity (Wildman–Crippen MR) is 87.8 cm³/mol. The fourth-order valence-electron chi connectivity index (χ4n) is 2.77. The number of hydrogen-bond acceptors (Lipinski definition) is 4. The zero-order valence-electron chi connectivity index (χ0n) is 12.5. The molecular weight excluding hydrogens is 304 g/mol. The molecule has 2 atom stereocenters. The molecule has 2 aliphatic rings. The SMILES string of the molecule is Cl.O=C(Nc1cccc(OCC2CCCO2)c1)C1CCCN1. The summed E-state index contributed by atoms with van der Waals surface area (Å²) in [5.41, 5.74) is 0.776. The zero-order chi connectivity index (χ0) is 14.5. The van der Waals surface area contributed by atoms with Gasteiger partial charge in [-0.05, 0) is 44.4 Å². The van der Waals surface area contributed by atoms with Gasteiger partial charge in [0.15, 0.2) is 0 Å². The van der Waals surface area contributed by atoms with E-state index in [0.29, 0.717) is 6.61 Å². The Labute approximate surface area is 137 Å². The molecule has 2 aliphatic heterocycles. The predicted octanol–water partition coefficient (Wildman–Crippen LogP) is 2.36. The van der Waals surface area contributed by atoms with Crippen LogP contribution in [0, 0.1) is 0 Å². The van der Waals surface area contributed by atoms with Crippen LogP contribution in [-0.2, 0) is 9.53 Å². The van der Waals surface area contributed by atoms with Crippen molar-refractivity contribution in [2.75, 3.05) is 25.1 Å². The Balaban J connectivity index is 0.00000176. The number of anilines is 1. The molecule has 1 amide bonds. The van der Waals surface area contributed by atoms with Crippen molar-refractivity contribution in [3.63, 3.8) is 0 Å². The molecule has 2 heterocycles. The minimum absolute atomic E-state index is 0. The zero-order valence-corrected chi connectivity index (χ0v) is 13.4. The average molecular weight is 327 g/mol. The molecule has 0 radical (unpaired) electrons. The molecule has 1 aromatic carbocycles. The van der Waals surface area contributed by atoms with Crippen molar-refractivity contribution in [1.29, 1.82) is 0 Å². The Kier molecular flexibility index (Phi) is 6.49. The molecule has 122 valence electrons. The van der Waals surface area contributed by atoms with Crippen molar-refractivity contribution in [2.24, 2.45) is 0 Å². The largest absolute Gasteiger partial charge is 0.491 e. The van der Waals surface area contributed by atoms with Crippen LogP contribution in [0.25, 0.3) is 0 Å². The molecule has 5 nitrogen and oxygen atoms in total. The summed E-state index contributed by atoms with van der Waals surface area (Å²) in [5, 5.41) is 6.13. The fourth-order valence-corrected chi connectivity index (χ4v) is 2.77. The summed E-state index contributed by atoms with van der Waals surface area (Å²) in [6.07, 6.45) is 4.33. The van der Waals surface area contributed by atoms with Crippen molar-refractivity contribution in [3.8, 4) is 5.75 Å². The second-order valence-corrected chi connectivity index (χ2v) is 5.61. The van der Waals surface area contributed by atoms with E-state index >= 15 is 0 Å². The third kappa shape index (κ3) is 4.60. The number of carbonyl (C=O) groups is 1. The van der Waals surface area contributed by atoms with Crippen LogP contribution in [0.1, 0.15) is 25.7 Å². The normalized spacial score (nSPS) is 23.8. The summed E-state index contributed by atoms with van der Waals surface area (Å²) in [6.45, 7) is 2.32. The van der Waals surface area contributed by atoms with E-state index in [0.717, 1.165) is 50.3 Å². The van der Waals surface area contributed by atoms with Crippen LogP contribution in [0.3, 0.4) is 0 Å². The highest BCUT2D eigenvalue weighted by atomic mass is 35.5. The monoisotopic (exact) mass is 326 g/mol. The molecule has 0 spiro atoms. The highest BCUT2D eigenvalue weighted by molar-refractivity contribution is 5.95. The fraction of sp³-hybridized carbons (Fsp3) is 0.562. The third-order valence-corrected chi connectivity index (χ3v) is 3.94. The van der Waals surface area contributed by atoms with Crippen molar-refractivity contribution in [2.45, 2.75) is 37.8 Å². The highest BCUT2D eigenvalue weighted by Gasteiger charge is 2.22. The number of ether oxygens (including phenoxy) is 2. The standard InChI is InChI=1S/C16H22N2O3.ClH/c19-16(15-7-2-8-17-15)18-12-4-1-5-13(10-12)21-11-14-6-3-9-20-14;/h1,4-5,10,14-15,17H,2-3,6-9,11H2,(H,18,19);1H. The van der Waals surface area contributed by atoms with Crippen molar-refractivity contribution < 1.29 is 14.3 Å². The molecule has 1 aromatic rings. The number of benzene rings is 1. The van der Waals surface area contributed by atoms with E-state index in [-0.39, 0.29) is 30.5 Å². The lowest BCUT2D eigenvalue weighted by Gasteiger charge is -2.14. The summed E-state index contributed by atoms with van der Waals surface area (Å²) >= 11 is 0.